The molecule has 7 heteroatoms. The van der Waals surface area contributed by atoms with E-state index in [2.05, 4.69) is 0 Å². The molecule has 0 aromatic heterocycles. The predicted octanol–water partition coefficient (Wildman–Crippen LogP) is 3.05. The largest absolute Gasteiger partial charge is 0.461 e. The van der Waals surface area contributed by atoms with Gasteiger partial charge in [-0.25, -0.2) is 4.79 Å². The van der Waals surface area contributed by atoms with E-state index < -0.39 is 45.8 Å². The first-order valence-corrected chi connectivity index (χ1v) is 12.0. The molecule has 2 saturated carbocycles. The highest BCUT2D eigenvalue weighted by Crippen LogP contribution is 2.76. The average molecular weight is 473 g/mol. The molecular weight excluding hydrogens is 436 g/mol. The fourth-order valence-electron chi connectivity index (χ4n) is 7.15. The second kappa shape index (κ2) is 7.62. The van der Waals surface area contributed by atoms with E-state index in [0.29, 0.717) is 23.1 Å². The topological polar surface area (TPSA) is 110 Å². The van der Waals surface area contributed by atoms with Crippen LogP contribution >= 0.6 is 0 Å². The van der Waals surface area contributed by atoms with E-state index in [1.807, 2.05) is 26.8 Å². The van der Waals surface area contributed by atoms with Gasteiger partial charge in [-0.15, -0.1) is 0 Å². The van der Waals surface area contributed by atoms with Crippen molar-refractivity contribution in [2.24, 2.45) is 29.1 Å². The van der Waals surface area contributed by atoms with Crippen LogP contribution in [0.3, 0.4) is 0 Å². The third-order valence-electron chi connectivity index (χ3n) is 9.16. The second-order valence-electron chi connectivity index (χ2n) is 11.3. The van der Waals surface area contributed by atoms with Crippen molar-refractivity contribution in [1.82, 2.24) is 0 Å². The van der Waals surface area contributed by atoms with Gasteiger partial charge in [-0.2, -0.15) is 0 Å². The molecule has 0 aliphatic heterocycles. The summed E-state index contributed by atoms with van der Waals surface area (Å²) in [6.45, 7) is 12.3. The Balaban J connectivity index is 1.84. The molecule has 0 bridgehead atoms. The second-order valence-corrected chi connectivity index (χ2v) is 11.3. The number of allylic oxidation sites excluding steroid dienone is 1. The Hall–Kier alpha value is -2.25. The minimum atomic E-state index is -1.81. The predicted molar refractivity (Wildman–Crippen MR) is 124 cm³/mol. The molecule has 0 spiro atoms. The van der Waals surface area contributed by atoms with Gasteiger partial charge >= 0.3 is 11.9 Å². The van der Waals surface area contributed by atoms with Gasteiger partial charge in [0, 0.05) is 42.1 Å². The molecule has 2 N–H and O–H groups in total. The first kappa shape index (κ1) is 24.9. The molecule has 0 aromatic carbocycles. The number of Topliss-reactive ketones (excluding diaryl/α,β-unsaturated/α-hetero) is 1. The van der Waals surface area contributed by atoms with E-state index >= 15 is 0 Å². The minimum Gasteiger partial charge on any atom is -0.461 e. The number of aliphatic hydroxyl groups is 2. The summed E-state index contributed by atoms with van der Waals surface area (Å²) in [4.78, 5) is 37.5. The standard InChI is InChI=1S/C27H36O7/c1-8-14(2)23(30)34-26-11-16(4)27(32)19(21(26)24(26,6)7)10-18(13-33-17(5)28)12-25(31)20(27)9-15(3)22(25)29/h8-10,16,19-21,31-32H,11-13H2,1-7H3/b14-8-/t16-,19+,20?,21-,25-,26+,27-/m1/s1. The maximum Gasteiger partial charge on any atom is 0.333 e. The Bertz CT molecular complexity index is 1050. The third-order valence-corrected chi connectivity index (χ3v) is 9.16. The summed E-state index contributed by atoms with van der Waals surface area (Å²) in [7, 11) is 0. The van der Waals surface area contributed by atoms with Crippen molar-refractivity contribution in [2.45, 2.75) is 78.1 Å². The Labute approximate surface area is 200 Å². The lowest BCUT2D eigenvalue weighted by Crippen LogP contribution is -2.61. The minimum absolute atomic E-state index is 0.0270. The summed E-state index contributed by atoms with van der Waals surface area (Å²) in [5.74, 6) is -3.19. The van der Waals surface area contributed by atoms with Crippen LogP contribution in [-0.2, 0) is 23.9 Å². The Morgan fingerprint density at radius 2 is 1.85 bits per heavy atom. The van der Waals surface area contributed by atoms with E-state index in [9.17, 15) is 24.6 Å². The third kappa shape index (κ3) is 3.12. The number of fused-ring (bicyclic) bond motifs is 5. The van der Waals surface area contributed by atoms with Crippen LogP contribution < -0.4 is 0 Å². The molecule has 0 radical (unpaired) electrons. The summed E-state index contributed by atoms with van der Waals surface area (Å²) in [5, 5.41) is 24.1. The van der Waals surface area contributed by atoms with Crippen LogP contribution in [0.25, 0.3) is 0 Å². The Kier molecular flexibility index (Phi) is 5.57. The molecule has 4 rings (SSSR count). The van der Waals surface area contributed by atoms with Gasteiger partial charge in [0.15, 0.2) is 5.78 Å². The van der Waals surface area contributed by atoms with Crippen molar-refractivity contribution in [1.29, 1.82) is 0 Å². The lowest BCUT2D eigenvalue weighted by atomic mass is 9.60. The number of ether oxygens (including phenoxy) is 2. The van der Waals surface area contributed by atoms with Gasteiger partial charge in [0.1, 0.15) is 17.8 Å². The molecule has 0 amide bonds. The SMILES string of the molecule is C/C=C(/C)C(=O)O[C@@]12C[C@@H](C)[C@]3(O)C4C=C(C)C(=O)[C@@]4(O)CC(COC(C)=O)=C[C@H]3[C@@H]1C2(C)C. The monoisotopic (exact) mass is 472 g/mol. The van der Waals surface area contributed by atoms with Gasteiger partial charge in [-0.05, 0) is 44.3 Å². The number of carbonyl (C=O) groups excluding carboxylic acids is 3. The lowest BCUT2D eigenvalue weighted by Gasteiger charge is -2.50. The maximum atomic E-state index is 13.1. The summed E-state index contributed by atoms with van der Waals surface area (Å²) in [5.41, 5.74) is -2.95. The van der Waals surface area contributed by atoms with E-state index in [0.717, 1.165) is 0 Å². The molecule has 4 aliphatic rings. The van der Waals surface area contributed by atoms with E-state index in [1.165, 1.54) is 6.92 Å². The summed E-state index contributed by atoms with van der Waals surface area (Å²) >= 11 is 0. The summed E-state index contributed by atoms with van der Waals surface area (Å²) in [6, 6.07) is 0. The van der Waals surface area contributed by atoms with E-state index in [4.69, 9.17) is 9.47 Å². The molecule has 7 nitrogen and oxygen atoms in total. The van der Waals surface area contributed by atoms with Crippen molar-refractivity contribution in [2.75, 3.05) is 6.61 Å². The molecule has 186 valence electrons. The highest BCUT2D eigenvalue weighted by Gasteiger charge is 2.83. The molecule has 2 fully saturated rings. The zero-order chi connectivity index (χ0) is 25.4. The van der Waals surface area contributed by atoms with Crippen molar-refractivity contribution < 1.29 is 34.1 Å². The zero-order valence-corrected chi connectivity index (χ0v) is 21.1. The van der Waals surface area contributed by atoms with Crippen LogP contribution in [0.15, 0.2) is 34.9 Å². The molecular formula is C27H36O7. The summed E-state index contributed by atoms with van der Waals surface area (Å²) in [6.07, 6.45) is 5.68. The van der Waals surface area contributed by atoms with Crippen LogP contribution in [0.4, 0.5) is 0 Å². The number of carbonyl (C=O) groups is 3. The number of ketones is 1. The highest BCUT2D eigenvalue weighted by atomic mass is 16.6. The zero-order valence-electron chi connectivity index (χ0n) is 21.1. The number of hydrogen-bond acceptors (Lipinski definition) is 7. The van der Waals surface area contributed by atoms with Crippen molar-refractivity contribution in [3.05, 3.63) is 34.9 Å². The average Bonchev–Trinajstić information content (AvgIpc) is 3.16. The Morgan fingerprint density at radius 1 is 1.21 bits per heavy atom. The molecule has 34 heavy (non-hydrogen) atoms. The van der Waals surface area contributed by atoms with Gasteiger partial charge in [-0.1, -0.05) is 39.0 Å². The van der Waals surface area contributed by atoms with Gasteiger partial charge in [0.25, 0.3) is 0 Å². The van der Waals surface area contributed by atoms with Crippen molar-refractivity contribution in [3.63, 3.8) is 0 Å². The van der Waals surface area contributed by atoms with E-state index in [-0.39, 0.29) is 30.8 Å². The maximum absolute atomic E-state index is 13.1. The molecule has 7 atom stereocenters. The fourth-order valence-corrected chi connectivity index (χ4v) is 7.15. The van der Waals surface area contributed by atoms with Crippen LogP contribution in [-0.4, -0.2) is 51.3 Å². The molecule has 0 aromatic rings. The number of esters is 2. The van der Waals surface area contributed by atoms with Crippen LogP contribution in [0.2, 0.25) is 0 Å². The normalized spacial score (nSPS) is 42.4. The molecule has 1 unspecified atom stereocenters. The highest BCUT2D eigenvalue weighted by molar-refractivity contribution is 6.04. The first-order chi connectivity index (χ1) is 15.7. The van der Waals surface area contributed by atoms with Gasteiger partial charge < -0.3 is 19.7 Å². The molecule has 0 heterocycles. The van der Waals surface area contributed by atoms with Gasteiger partial charge in [-0.3, -0.25) is 9.59 Å². The first-order valence-electron chi connectivity index (χ1n) is 12.0. The van der Waals surface area contributed by atoms with Crippen LogP contribution in [0.5, 0.6) is 0 Å². The van der Waals surface area contributed by atoms with E-state index in [1.54, 1.807) is 32.9 Å². The quantitative estimate of drug-likeness (QED) is 0.368. The Morgan fingerprint density at radius 3 is 2.44 bits per heavy atom. The van der Waals surface area contributed by atoms with Crippen molar-refractivity contribution in [3.8, 4) is 0 Å². The van der Waals surface area contributed by atoms with Crippen LogP contribution in [0, 0.1) is 29.1 Å². The lowest BCUT2D eigenvalue weighted by molar-refractivity contribution is -0.185. The fraction of sp³-hybridized carbons (Fsp3) is 0.667. The number of rotatable bonds is 4. The molecule has 4 aliphatic carbocycles. The number of hydrogen-bond donors (Lipinski definition) is 2. The smallest absolute Gasteiger partial charge is 0.333 e. The van der Waals surface area contributed by atoms with Gasteiger partial charge in [0.2, 0.25) is 0 Å². The van der Waals surface area contributed by atoms with Gasteiger partial charge in [0.05, 0.1) is 5.60 Å². The van der Waals surface area contributed by atoms with Crippen molar-refractivity contribution >= 4 is 17.7 Å². The molecule has 0 saturated heterocycles. The van der Waals surface area contributed by atoms with Crippen LogP contribution in [0.1, 0.15) is 61.3 Å². The summed E-state index contributed by atoms with van der Waals surface area (Å²) < 4.78 is 11.4.